The third-order valence-electron chi connectivity index (χ3n) is 3.25. The monoisotopic (exact) mass is 254 g/mol. The van der Waals surface area contributed by atoms with E-state index in [1.54, 1.807) is 13.8 Å². The smallest absolute Gasteiger partial charge is 0.320 e. The van der Waals surface area contributed by atoms with E-state index in [1.807, 2.05) is 6.92 Å². The molecule has 0 unspecified atom stereocenters. The van der Waals surface area contributed by atoms with Gasteiger partial charge in [0.15, 0.2) is 5.92 Å². The second-order valence-corrected chi connectivity index (χ2v) is 4.47. The second-order valence-electron chi connectivity index (χ2n) is 4.47. The van der Waals surface area contributed by atoms with Crippen LogP contribution in [0.1, 0.15) is 40.0 Å². The van der Waals surface area contributed by atoms with Crippen LogP contribution in [0, 0.1) is 11.8 Å². The molecule has 0 aromatic carbocycles. The summed E-state index contributed by atoms with van der Waals surface area (Å²) in [6.07, 6.45) is 4.95. The third kappa shape index (κ3) is 3.59. The van der Waals surface area contributed by atoms with Gasteiger partial charge in [0.05, 0.1) is 13.2 Å². The van der Waals surface area contributed by atoms with Crippen LogP contribution in [-0.2, 0) is 19.1 Å². The molecule has 1 atom stereocenters. The molecule has 102 valence electrons. The molecule has 0 fully saturated rings. The first-order chi connectivity index (χ1) is 8.61. The Morgan fingerprint density at radius 1 is 1.28 bits per heavy atom. The zero-order chi connectivity index (χ0) is 13.5. The van der Waals surface area contributed by atoms with Gasteiger partial charge in [-0.15, -0.1) is 0 Å². The number of esters is 2. The molecule has 0 spiro atoms. The highest BCUT2D eigenvalue weighted by molar-refractivity contribution is 5.95. The summed E-state index contributed by atoms with van der Waals surface area (Å²) in [5.74, 6) is -1.80. The Morgan fingerprint density at radius 2 is 1.83 bits per heavy atom. The van der Waals surface area contributed by atoms with Crippen LogP contribution in [0.2, 0.25) is 0 Å². The number of allylic oxidation sites excluding steroid dienone is 2. The maximum atomic E-state index is 12.0. The van der Waals surface area contributed by atoms with Gasteiger partial charge in [-0.2, -0.15) is 0 Å². The topological polar surface area (TPSA) is 52.6 Å². The lowest BCUT2D eigenvalue weighted by Gasteiger charge is -2.27. The van der Waals surface area contributed by atoms with Crippen LogP contribution in [0.3, 0.4) is 0 Å². The van der Waals surface area contributed by atoms with Crippen molar-refractivity contribution in [1.82, 2.24) is 0 Å². The van der Waals surface area contributed by atoms with Crippen LogP contribution < -0.4 is 0 Å². The Kier molecular flexibility index (Phi) is 5.89. The van der Waals surface area contributed by atoms with Crippen LogP contribution in [0.25, 0.3) is 0 Å². The van der Waals surface area contributed by atoms with Crippen molar-refractivity contribution in [2.45, 2.75) is 40.0 Å². The minimum Gasteiger partial charge on any atom is -0.465 e. The predicted molar refractivity (Wildman–Crippen MR) is 67.9 cm³/mol. The van der Waals surface area contributed by atoms with E-state index in [-0.39, 0.29) is 19.1 Å². The molecule has 0 aromatic rings. The highest BCUT2D eigenvalue weighted by Crippen LogP contribution is 2.32. The molecule has 0 saturated heterocycles. The van der Waals surface area contributed by atoms with Gasteiger partial charge in [0, 0.05) is 5.92 Å². The zero-order valence-corrected chi connectivity index (χ0v) is 11.4. The minimum absolute atomic E-state index is 0.0724. The lowest BCUT2D eigenvalue weighted by molar-refractivity contribution is -0.164. The van der Waals surface area contributed by atoms with Crippen molar-refractivity contribution < 1.29 is 19.1 Å². The van der Waals surface area contributed by atoms with E-state index < -0.39 is 17.9 Å². The van der Waals surface area contributed by atoms with Crippen LogP contribution >= 0.6 is 0 Å². The van der Waals surface area contributed by atoms with Crippen molar-refractivity contribution in [3.05, 3.63) is 11.6 Å². The van der Waals surface area contributed by atoms with E-state index in [4.69, 9.17) is 9.47 Å². The molecule has 1 rings (SSSR count). The standard InChI is InChI=1S/C14H22O4/c1-4-17-13(15)12(14(16)18-5-2)11-9-7-6-8-10(11)3/h8,11-12H,4-7,9H2,1-3H3/t11-/m0/s1. The van der Waals surface area contributed by atoms with Gasteiger partial charge in [0.25, 0.3) is 0 Å². The van der Waals surface area contributed by atoms with Crippen molar-refractivity contribution in [1.29, 1.82) is 0 Å². The fraction of sp³-hybridized carbons (Fsp3) is 0.714. The molecule has 0 radical (unpaired) electrons. The van der Waals surface area contributed by atoms with Gasteiger partial charge in [-0.05, 0) is 40.0 Å². The first kappa shape index (κ1) is 14.7. The molecule has 18 heavy (non-hydrogen) atoms. The first-order valence-electron chi connectivity index (χ1n) is 6.61. The van der Waals surface area contributed by atoms with Gasteiger partial charge >= 0.3 is 11.9 Å². The Hall–Kier alpha value is -1.32. The molecular formula is C14H22O4. The molecule has 4 heteroatoms. The SMILES string of the molecule is CCOC(=O)C(C(=O)OCC)[C@H]1CCCC=C1C. The van der Waals surface area contributed by atoms with Crippen LogP contribution in [0.4, 0.5) is 0 Å². The number of hydrogen-bond acceptors (Lipinski definition) is 4. The third-order valence-corrected chi connectivity index (χ3v) is 3.25. The highest BCUT2D eigenvalue weighted by atomic mass is 16.6. The van der Waals surface area contributed by atoms with E-state index in [0.29, 0.717) is 0 Å². The summed E-state index contributed by atoms with van der Waals surface area (Å²) in [6, 6.07) is 0. The van der Waals surface area contributed by atoms with E-state index >= 15 is 0 Å². The van der Waals surface area contributed by atoms with Crippen LogP contribution in [0.15, 0.2) is 11.6 Å². The zero-order valence-electron chi connectivity index (χ0n) is 11.4. The Labute approximate surface area is 108 Å². The van der Waals surface area contributed by atoms with Crippen LogP contribution in [0.5, 0.6) is 0 Å². The lowest BCUT2D eigenvalue weighted by Crippen LogP contribution is -2.35. The van der Waals surface area contributed by atoms with Gasteiger partial charge in [0.2, 0.25) is 0 Å². The van der Waals surface area contributed by atoms with Gasteiger partial charge in [-0.25, -0.2) is 0 Å². The Balaban J connectivity index is 2.88. The molecule has 0 N–H and O–H groups in total. The summed E-state index contributed by atoms with van der Waals surface area (Å²) in [5, 5.41) is 0. The first-order valence-corrected chi connectivity index (χ1v) is 6.61. The van der Waals surface area contributed by atoms with E-state index in [2.05, 4.69) is 6.08 Å². The summed E-state index contributed by atoms with van der Waals surface area (Å²) < 4.78 is 10.0. The summed E-state index contributed by atoms with van der Waals surface area (Å²) in [4.78, 5) is 23.9. The van der Waals surface area contributed by atoms with Gasteiger partial charge in [-0.1, -0.05) is 11.6 Å². The van der Waals surface area contributed by atoms with Crippen LogP contribution in [-0.4, -0.2) is 25.2 Å². The molecule has 0 aliphatic heterocycles. The van der Waals surface area contributed by atoms with Gasteiger partial charge in [0.1, 0.15) is 0 Å². The average Bonchev–Trinajstić information content (AvgIpc) is 2.33. The van der Waals surface area contributed by atoms with Gasteiger partial charge < -0.3 is 9.47 Å². The Morgan fingerprint density at radius 3 is 2.28 bits per heavy atom. The fourth-order valence-corrected chi connectivity index (χ4v) is 2.36. The molecule has 0 saturated carbocycles. The maximum absolute atomic E-state index is 12.0. The molecule has 1 aliphatic carbocycles. The second kappa shape index (κ2) is 7.19. The van der Waals surface area contributed by atoms with Crippen molar-refractivity contribution in [3.8, 4) is 0 Å². The van der Waals surface area contributed by atoms with Crippen molar-refractivity contribution >= 4 is 11.9 Å². The summed E-state index contributed by atoms with van der Waals surface area (Å²) in [7, 11) is 0. The fourth-order valence-electron chi connectivity index (χ4n) is 2.36. The largest absolute Gasteiger partial charge is 0.465 e. The van der Waals surface area contributed by atoms with E-state index in [9.17, 15) is 9.59 Å². The quantitative estimate of drug-likeness (QED) is 0.429. The molecule has 0 bridgehead atoms. The van der Waals surface area contributed by atoms with Crippen molar-refractivity contribution in [3.63, 3.8) is 0 Å². The lowest BCUT2D eigenvalue weighted by atomic mass is 9.79. The summed E-state index contributed by atoms with van der Waals surface area (Å²) in [6.45, 7) is 6.01. The average molecular weight is 254 g/mol. The highest BCUT2D eigenvalue weighted by Gasteiger charge is 2.38. The predicted octanol–water partition coefficient (Wildman–Crippen LogP) is 2.48. The molecule has 4 nitrogen and oxygen atoms in total. The number of ether oxygens (including phenoxy) is 2. The summed E-state index contributed by atoms with van der Waals surface area (Å²) in [5.41, 5.74) is 1.09. The molecular weight excluding hydrogens is 232 g/mol. The molecule has 0 amide bonds. The maximum Gasteiger partial charge on any atom is 0.320 e. The number of carbonyl (C=O) groups excluding carboxylic acids is 2. The minimum atomic E-state index is -0.804. The molecule has 0 heterocycles. The Bertz CT molecular complexity index is 315. The van der Waals surface area contributed by atoms with Crippen molar-refractivity contribution in [2.75, 3.05) is 13.2 Å². The van der Waals surface area contributed by atoms with E-state index in [1.165, 1.54) is 0 Å². The molecule has 0 aromatic heterocycles. The van der Waals surface area contributed by atoms with Gasteiger partial charge in [-0.3, -0.25) is 9.59 Å². The normalized spacial score (nSPS) is 19.3. The summed E-state index contributed by atoms with van der Waals surface area (Å²) >= 11 is 0. The van der Waals surface area contributed by atoms with E-state index in [0.717, 1.165) is 24.8 Å². The molecule has 1 aliphatic rings. The van der Waals surface area contributed by atoms with Crippen molar-refractivity contribution in [2.24, 2.45) is 11.8 Å². The number of carbonyl (C=O) groups is 2. The number of rotatable bonds is 5. The number of hydrogen-bond donors (Lipinski definition) is 0.